The Hall–Kier alpha value is -6.01. The number of benzene rings is 4. The van der Waals surface area contributed by atoms with Crippen molar-refractivity contribution >= 4 is 12.5 Å². The van der Waals surface area contributed by atoms with Crippen LogP contribution in [-0.2, 0) is 42.3 Å². The molecule has 0 saturated carbocycles. The molecule has 0 fully saturated rings. The highest BCUT2D eigenvalue weighted by Gasteiger charge is 2.30. The molecule has 2 aliphatic heterocycles. The summed E-state index contributed by atoms with van der Waals surface area (Å²) in [4.78, 5) is 27.3. The highest BCUT2D eigenvalue weighted by Crippen LogP contribution is 2.36. The van der Waals surface area contributed by atoms with Crippen molar-refractivity contribution in [3.8, 4) is 11.5 Å². The first-order chi connectivity index (χ1) is 35.2. The summed E-state index contributed by atoms with van der Waals surface area (Å²) in [5, 5.41) is 33.9. The van der Waals surface area contributed by atoms with Crippen LogP contribution >= 0.6 is 0 Å². The molecule has 2 aliphatic rings. The Kier molecular flexibility index (Phi) is 21.7. The molecule has 2 unspecified atom stereocenters. The monoisotopic (exact) mass is 1050 g/mol. The lowest BCUT2D eigenvalue weighted by Crippen LogP contribution is -2.50. The molecule has 75 heavy (non-hydrogen) atoms. The van der Waals surface area contributed by atoms with Gasteiger partial charge in [-0.05, 0) is 116 Å². The fourth-order valence-corrected chi connectivity index (χ4v) is 8.99. The molecule has 7 rings (SSSR count). The van der Waals surface area contributed by atoms with Gasteiger partial charge in [0.15, 0.2) is 0 Å². The van der Waals surface area contributed by atoms with Crippen LogP contribution in [0.5, 0.6) is 11.5 Å². The second kappa shape index (κ2) is 27.2. The number of amides is 2. The molecule has 13 nitrogen and oxygen atoms in total. The number of carbonyl (C=O) groups excluding carboxylic acids is 2. The first-order valence-electron chi connectivity index (χ1n) is 25.6. The number of alkyl carbamates (subject to hydrolysis) is 1. The zero-order valence-electron chi connectivity index (χ0n) is 45.1. The van der Waals surface area contributed by atoms with E-state index in [9.17, 15) is 37.4 Å². The van der Waals surface area contributed by atoms with Crippen molar-refractivity contribution < 1.29 is 51.6 Å². The van der Waals surface area contributed by atoms with Gasteiger partial charge in [0.05, 0.1) is 43.8 Å². The lowest BCUT2D eigenvalue weighted by atomic mass is 9.86. The van der Waals surface area contributed by atoms with Crippen LogP contribution < -0.4 is 30.7 Å². The highest BCUT2D eigenvalue weighted by molar-refractivity contribution is 5.68. The van der Waals surface area contributed by atoms with E-state index >= 15 is 0 Å². The minimum absolute atomic E-state index is 0.00295. The van der Waals surface area contributed by atoms with Gasteiger partial charge in [0, 0.05) is 80.7 Å². The van der Waals surface area contributed by atoms with Crippen LogP contribution in [0.15, 0.2) is 91.5 Å². The summed E-state index contributed by atoms with van der Waals surface area (Å²) >= 11 is 0. The minimum Gasteiger partial charge on any atom is -0.493 e. The van der Waals surface area contributed by atoms with E-state index in [0.717, 1.165) is 60.4 Å². The van der Waals surface area contributed by atoms with Crippen LogP contribution in [-0.4, -0.2) is 88.5 Å². The van der Waals surface area contributed by atoms with E-state index in [4.69, 9.17) is 14.2 Å². The SMILES string of the molecule is CC(C)(C)Cc1ccc2c(c1)C(NC[C@@H](O)[C@H](Cc1cc(F)cc(F)c1)NC(=O)OC(C)(C)C)CCO2.CC(C)(C)Cc1ccc2c(c1)C(NC[C@@H](O)[C@H](Cc1cc(F)cc(F)c1)NC=O)CCO2.Cn1ccnc1. The Morgan fingerprint density at radius 2 is 1.13 bits per heavy atom. The lowest BCUT2D eigenvalue weighted by molar-refractivity contribution is -0.110. The molecule has 0 aliphatic carbocycles. The average Bonchev–Trinajstić information content (AvgIpc) is 3.78. The lowest BCUT2D eigenvalue weighted by Gasteiger charge is -2.31. The number of rotatable bonds is 17. The molecule has 410 valence electrons. The summed E-state index contributed by atoms with van der Waals surface area (Å²) < 4.78 is 73.5. The van der Waals surface area contributed by atoms with Gasteiger partial charge in [-0.1, -0.05) is 65.8 Å². The van der Waals surface area contributed by atoms with Gasteiger partial charge in [-0.15, -0.1) is 0 Å². The van der Waals surface area contributed by atoms with Crippen LogP contribution in [0.1, 0.15) is 121 Å². The number of hydrogen-bond acceptors (Lipinski definition) is 10. The molecule has 0 bridgehead atoms. The number of ether oxygens (including phenoxy) is 3. The van der Waals surface area contributed by atoms with Gasteiger partial charge in [0.1, 0.15) is 40.4 Å². The van der Waals surface area contributed by atoms with Gasteiger partial charge < -0.3 is 50.3 Å². The number of fused-ring (bicyclic) bond motifs is 2. The minimum atomic E-state index is -1.05. The highest BCUT2D eigenvalue weighted by atomic mass is 19.1. The van der Waals surface area contributed by atoms with Crippen LogP contribution in [0.25, 0.3) is 0 Å². The molecule has 0 radical (unpaired) electrons. The molecule has 4 aromatic carbocycles. The zero-order chi connectivity index (χ0) is 55.1. The number of aliphatic hydroxyl groups is 2. The third-order valence-electron chi connectivity index (χ3n) is 12.1. The summed E-state index contributed by atoms with van der Waals surface area (Å²) in [6.07, 6.45) is 6.62. The van der Waals surface area contributed by atoms with E-state index in [1.165, 1.54) is 35.4 Å². The summed E-state index contributed by atoms with van der Waals surface area (Å²) in [6, 6.07) is 17.3. The molecule has 5 aromatic rings. The van der Waals surface area contributed by atoms with E-state index in [1.807, 2.05) is 29.9 Å². The van der Waals surface area contributed by atoms with Gasteiger partial charge >= 0.3 is 6.09 Å². The summed E-state index contributed by atoms with van der Waals surface area (Å²) in [6.45, 7) is 19.8. The molecule has 17 heteroatoms. The molecular formula is C58H78F4N6O7. The number of aromatic nitrogens is 2. The van der Waals surface area contributed by atoms with E-state index in [2.05, 4.69) is 92.1 Å². The number of aryl methyl sites for hydroxylation is 1. The molecule has 3 heterocycles. The second-order valence-electron chi connectivity index (χ2n) is 22.9. The molecular weight excluding hydrogens is 969 g/mol. The molecule has 6 atom stereocenters. The molecule has 6 N–H and O–H groups in total. The molecule has 0 spiro atoms. The third-order valence-corrected chi connectivity index (χ3v) is 12.1. The standard InChI is InChI=1S/C29H40F2N2O4.C25H32F2N2O3.C4H6N2/c1-28(2,3)16-18-7-8-26-22(13-18)23(9-10-36-26)32-17-25(34)24(33-27(35)37-29(4,5)6)14-19-11-20(30)15-21(31)12-19;1-25(2,3)13-16-4-5-24-20(10-16)21(6-7-32-24)28-14-23(31)22(29-15-30)11-17-8-18(26)12-19(27)9-17;1-6-3-2-5-4-6/h7-8,11-13,15,23-25,32,34H,9-10,14,16-17H2,1-6H3,(H,33,35);4-5,8-10,12,15,21-23,28,31H,6-7,11,13-14H2,1-3H3,(H,29,30);2-4H,1H3/t23?,24-,25+;21?,22-,23+;/m00./s1. The number of nitrogens with one attached hydrogen (secondary N) is 4. The number of imidazole rings is 1. The van der Waals surface area contributed by atoms with Gasteiger partial charge in [0.25, 0.3) is 0 Å². The Balaban J connectivity index is 0.000000251. The van der Waals surface area contributed by atoms with Crippen molar-refractivity contribution in [2.45, 2.75) is 143 Å². The molecule has 2 amide bonds. The van der Waals surface area contributed by atoms with Crippen LogP contribution in [0.3, 0.4) is 0 Å². The number of nitrogens with zero attached hydrogens (tertiary/aromatic N) is 2. The summed E-state index contributed by atoms with van der Waals surface area (Å²) in [7, 11) is 1.94. The van der Waals surface area contributed by atoms with Crippen molar-refractivity contribution in [1.82, 2.24) is 30.8 Å². The maximum Gasteiger partial charge on any atom is 0.407 e. The largest absolute Gasteiger partial charge is 0.493 e. The van der Waals surface area contributed by atoms with Gasteiger partial charge in [-0.3, -0.25) is 4.79 Å². The number of aliphatic hydroxyl groups excluding tert-OH is 2. The van der Waals surface area contributed by atoms with E-state index in [0.29, 0.717) is 30.8 Å². The normalized spacial score (nSPS) is 16.9. The predicted molar refractivity (Wildman–Crippen MR) is 282 cm³/mol. The van der Waals surface area contributed by atoms with Crippen molar-refractivity contribution in [3.63, 3.8) is 0 Å². The number of carbonyl (C=O) groups is 2. The molecule has 1 aromatic heterocycles. The van der Waals surface area contributed by atoms with E-state index in [-0.39, 0.29) is 48.8 Å². The van der Waals surface area contributed by atoms with Crippen molar-refractivity contribution in [2.75, 3.05) is 26.3 Å². The van der Waals surface area contributed by atoms with Crippen LogP contribution in [0.4, 0.5) is 22.4 Å². The zero-order valence-corrected chi connectivity index (χ0v) is 45.1. The van der Waals surface area contributed by atoms with Crippen molar-refractivity contribution in [2.24, 2.45) is 17.9 Å². The Morgan fingerprint density at radius 1 is 0.693 bits per heavy atom. The smallest absolute Gasteiger partial charge is 0.407 e. The van der Waals surface area contributed by atoms with E-state index < -0.39 is 59.3 Å². The van der Waals surface area contributed by atoms with Crippen LogP contribution in [0, 0.1) is 34.1 Å². The Labute approximate surface area is 440 Å². The quantitative estimate of drug-likeness (QED) is 0.0390. The van der Waals surface area contributed by atoms with Crippen molar-refractivity contribution in [1.29, 1.82) is 0 Å². The summed E-state index contributed by atoms with van der Waals surface area (Å²) in [5.41, 5.74) is 4.77. The fourth-order valence-electron chi connectivity index (χ4n) is 8.99. The third kappa shape index (κ3) is 20.9. The van der Waals surface area contributed by atoms with E-state index in [1.54, 1.807) is 33.3 Å². The first kappa shape index (κ1) is 59.9. The number of halogens is 4. The fraction of sp³-hybridized carbons (Fsp3) is 0.500. The Bertz CT molecular complexity index is 2560. The maximum absolute atomic E-state index is 13.8. The molecule has 0 saturated heterocycles. The topological polar surface area (TPSA) is 168 Å². The van der Waals surface area contributed by atoms with Gasteiger partial charge in [-0.25, -0.2) is 27.3 Å². The predicted octanol–water partition coefficient (Wildman–Crippen LogP) is 9.57. The van der Waals surface area contributed by atoms with Crippen molar-refractivity contribution in [3.05, 3.63) is 148 Å². The van der Waals surface area contributed by atoms with Crippen LogP contribution in [0.2, 0.25) is 0 Å². The second-order valence-corrected chi connectivity index (χ2v) is 22.9. The Morgan fingerprint density at radius 3 is 1.51 bits per heavy atom. The maximum atomic E-state index is 13.8. The van der Waals surface area contributed by atoms with Gasteiger partial charge in [-0.2, -0.15) is 0 Å². The average molecular weight is 1050 g/mol. The van der Waals surface area contributed by atoms with Gasteiger partial charge in [0.2, 0.25) is 6.41 Å². The first-order valence-corrected chi connectivity index (χ1v) is 25.6. The number of hydrogen-bond donors (Lipinski definition) is 6. The summed E-state index contributed by atoms with van der Waals surface area (Å²) in [5.74, 6) is -1.18.